The molecule has 3 aromatic rings. The fourth-order valence-corrected chi connectivity index (χ4v) is 2.72. The fourth-order valence-electron chi connectivity index (χ4n) is 2.72. The molecule has 0 atom stereocenters. The van der Waals surface area contributed by atoms with E-state index in [1.165, 1.54) is 5.56 Å². The Bertz CT molecular complexity index is 862. The third-order valence-corrected chi connectivity index (χ3v) is 4.10. The summed E-state index contributed by atoms with van der Waals surface area (Å²) in [6.45, 7) is 0.539. The van der Waals surface area contributed by atoms with E-state index in [-0.39, 0.29) is 5.91 Å². The lowest BCUT2D eigenvalue weighted by atomic mass is 10.0. The van der Waals surface area contributed by atoms with Gasteiger partial charge in [-0.3, -0.25) is 9.78 Å². The van der Waals surface area contributed by atoms with E-state index in [2.05, 4.69) is 17.1 Å². The highest BCUT2D eigenvalue weighted by molar-refractivity contribution is 5.95. The molecule has 0 radical (unpaired) electrons. The van der Waals surface area contributed by atoms with Crippen LogP contribution in [0.4, 0.5) is 0 Å². The molecule has 1 amide bonds. The molecular formula is C22H22N2O2. The Morgan fingerprint density at radius 1 is 1.04 bits per heavy atom. The first kappa shape index (κ1) is 17.7. The smallest absolute Gasteiger partial charge is 0.253 e. The second kappa shape index (κ2) is 8.30. The normalized spacial score (nSPS) is 10.4. The van der Waals surface area contributed by atoms with Gasteiger partial charge in [0.25, 0.3) is 5.91 Å². The second-order valence-corrected chi connectivity index (χ2v) is 6.24. The van der Waals surface area contributed by atoms with Gasteiger partial charge in [0, 0.05) is 49.6 Å². The molecule has 2 aromatic carbocycles. The second-order valence-electron chi connectivity index (χ2n) is 6.24. The molecule has 0 spiro atoms. The predicted octanol–water partition coefficient (Wildman–Crippen LogP) is 4.07. The molecule has 26 heavy (non-hydrogen) atoms. The molecule has 0 saturated carbocycles. The zero-order valence-electron chi connectivity index (χ0n) is 15.1. The van der Waals surface area contributed by atoms with E-state index >= 15 is 0 Å². The minimum Gasteiger partial charge on any atom is -0.493 e. The highest BCUT2D eigenvalue weighted by Gasteiger charge is 2.13. The minimum absolute atomic E-state index is 0.0457. The summed E-state index contributed by atoms with van der Waals surface area (Å²) in [4.78, 5) is 18.0. The van der Waals surface area contributed by atoms with Gasteiger partial charge in [-0.2, -0.15) is 0 Å². The van der Waals surface area contributed by atoms with Gasteiger partial charge in [-0.1, -0.05) is 36.4 Å². The van der Waals surface area contributed by atoms with Crippen molar-refractivity contribution < 1.29 is 9.53 Å². The number of aromatic nitrogens is 1. The molecule has 3 rings (SSSR count). The third kappa shape index (κ3) is 4.28. The van der Waals surface area contributed by atoms with Gasteiger partial charge in [0.2, 0.25) is 0 Å². The Morgan fingerprint density at radius 2 is 1.85 bits per heavy atom. The van der Waals surface area contributed by atoms with Crippen LogP contribution in [0.3, 0.4) is 0 Å². The van der Waals surface area contributed by atoms with E-state index in [1.54, 1.807) is 31.4 Å². The number of amides is 1. The third-order valence-electron chi connectivity index (χ3n) is 4.10. The molecule has 0 N–H and O–H groups in total. The van der Waals surface area contributed by atoms with Crippen molar-refractivity contribution >= 4 is 5.91 Å². The van der Waals surface area contributed by atoms with Crippen LogP contribution in [0.2, 0.25) is 0 Å². The van der Waals surface area contributed by atoms with Gasteiger partial charge in [-0.15, -0.1) is 0 Å². The van der Waals surface area contributed by atoms with Gasteiger partial charge >= 0.3 is 0 Å². The highest BCUT2D eigenvalue weighted by atomic mass is 16.5. The van der Waals surface area contributed by atoms with Crippen LogP contribution in [0.1, 0.15) is 15.9 Å². The molecule has 0 fully saturated rings. The largest absolute Gasteiger partial charge is 0.493 e. The maximum absolute atomic E-state index is 12.3. The van der Waals surface area contributed by atoms with Crippen molar-refractivity contribution in [1.82, 2.24) is 9.88 Å². The molecule has 1 heterocycles. The van der Waals surface area contributed by atoms with Gasteiger partial charge in [-0.05, 0) is 29.8 Å². The van der Waals surface area contributed by atoms with Crippen molar-refractivity contribution in [2.75, 3.05) is 20.7 Å². The van der Waals surface area contributed by atoms with Gasteiger partial charge in [0.05, 0.1) is 6.61 Å². The first-order chi connectivity index (χ1) is 12.6. The van der Waals surface area contributed by atoms with Crippen molar-refractivity contribution in [2.45, 2.75) is 6.42 Å². The van der Waals surface area contributed by atoms with Crippen LogP contribution in [0.15, 0.2) is 73.1 Å². The molecular weight excluding hydrogens is 324 g/mol. The Balaban J connectivity index is 1.86. The minimum atomic E-state index is -0.0457. The molecule has 0 aliphatic heterocycles. The number of carbonyl (C=O) groups excluding carboxylic acids is 1. The van der Waals surface area contributed by atoms with E-state index in [4.69, 9.17) is 4.74 Å². The Morgan fingerprint density at radius 3 is 2.54 bits per heavy atom. The molecule has 0 bridgehead atoms. The Kier molecular flexibility index (Phi) is 5.64. The molecule has 0 aliphatic carbocycles. The number of nitrogens with zero attached hydrogens (tertiary/aromatic N) is 2. The summed E-state index contributed by atoms with van der Waals surface area (Å²) in [5.41, 5.74) is 3.72. The Hall–Kier alpha value is -3.14. The van der Waals surface area contributed by atoms with Crippen LogP contribution < -0.4 is 4.74 Å². The number of ether oxygens (including phenoxy) is 1. The number of pyridine rings is 1. The van der Waals surface area contributed by atoms with Gasteiger partial charge in [-0.25, -0.2) is 0 Å². The van der Waals surface area contributed by atoms with Crippen LogP contribution >= 0.6 is 0 Å². The van der Waals surface area contributed by atoms with Crippen LogP contribution in [0.5, 0.6) is 5.75 Å². The number of carbonyl (C=O) groups is 1. The summed E-state index contributed by atoms with van der Waals surface area (Å²) in [5, 5.41) is 0. The predicted molar refractivity (Wildman–Crippen MR) is 103 cm³/mol. The summed E-state index contributed by atoms with van der Waals surface area (Å²) in [5.74, 6) is 0.650. The monoisotopic (exact) mass is 346 g/mol. The van der Waals surface area contributed by atoms with Crippen LogP contribution in [-0.4, -0.2) is 36.5 Å². The van der Waals surface area contributed by atoms with Crippen molar-refractivity contribution in [3.63, 3.8) is 0 Å². The number of rotatable bonds is 6. The maximum atomic E-state index is 12.3. The average molecular weight is 346 g/mol. The fraction of sp³-hybridized carbons (Fsp3) is 0.182. The Labute approximate surface area is 154 Å². The zero-order valence-corrected chi connectivity index (χ0v) is 15.1. The first-order valence-electron chi connectivity index (χ1n) is 8.58. The van der Waals surface area contributed by atoms with Gasteiger partial charge in [0.1, 0.15) is 5.75 Å². The lowest BCUT2D eigenvalue weighted by Crippen LogP contribution is -2.21. The van der Waals surface area contributed by atoms with Crippen molar-refractivity contribution in [2.24, 2.45) is 0 Å². The number of hydrogen-bond acceptors (Lipinski definition) is 3. The van der Waals surface area contributed by atoms with Gasteiger partial charge in [0.15, 0.2) is 0 Å². The average Bonchev–Trinajstić information content (AvgIpc) is 2.69. The van der Waals surface area contributed by atoms with E-state index in [9.17, 15) is 4.79 Å². The standard InChI is InChI=1S/C22H22N2O2/c1-24(2)22(25)18-10-11-20(19-9-6-13-23-16-19)21(15-18)26-14-12-17-7-4-3-5-8-17/h3-11,13,15-16H,12,14H2,1-2H3. The molecule has 4 heteroatoms. The van der Waals surface area contributed by atoms with Crippen molar-refractivity contribution in [3.8, 4) is 16.9 Å². The lowest BCUT2D eigenvalue weighted by molar-refractivity contribution is 0.0827. The van der Waals surface area contributed by atoms with E-state index in [0.717, 1.165) is 17.5 Å². The van der Waals surface area contributed by atoms with Gasteiger partial charge < -0.3 is 9.64 Å². The van der Waals surface area contributed by atoms with E-state index in [1.807, 2.05) is 48.5 Å². The molecule has 1 aromatic heterocycles. The van der Waals surface area contributed by atoms with Crippen LogP contribution in [0, 0.1) is 0 Å². The summed E-state index contributed by atoms with van der Waals surface area (Å²) in [7, 11) is 3.49. The lowest BCUT2D eigenvalue weighted by Gasteiger charge is -2.15. The van der Waals surface area contributed by atoms with Crippen molar-refractivity contribution in [3.05, 3.63) is 84.2 Å². The summed E-state index contributed by atoms with van der Waals surface area (Å²) in [6.07, 6.45) is 4.34. The first-order valence-corrected chi connectivity index (χ1v) is 8.58. The molecule has 0 aliphatic rings. The van der Waals surface area contributed by atoms with E-state index < -0.39 is 0 Å². The van der Waals surface area contributed by atoms with E-state index in [0.29, 0.717) is 17.9 Å². The van der Waals surface area contributed by atoms with Crippen LogP contribution in [-0.2, 0) is 6.42 Å². The summed E-state index contributed by atoms with van der Waals surface area (Å²) < 4.78 is 6.07. The number of benzene rings is 2. The highest BCUT2D eigenvalue weighted by Crippen LogP contribution is 2.31. The quantitative estimate of drug-likeness (QED) is 0.676. The maximum Gasteiger partial charge on any atom is 0.253 e. The summed E-state index contributed by atoms with van der Waals surface area (Å²) in [6, 6.07) is 19.6. The molecule has 0 unspecified atom stereocenters. The number of hydrogen-bond donors (Lipinski definition) is 0. The summed E-state index contributed by atoms with van der Waals surface area (Å²) >= 11 is 0. The topological polar surface area (TPSA) is 42.4 Å². The molecule has 0 saturated heterocycles. The van der Waals surface area contributed by atoms with Crippen LogP contribution in [0.25, 0.3) is 11.1 Å². The molecule has 4 nitrogen and oxygen atoms in total. The zero-order chi connectivity index (χ0) is 18.4. The SMILES string of the molecule is CN(C)C(=O)c1ccc(-c2cccnc2)c(OCCc2ccccc2)c1. The van der Waals surface area contributed by atoms with Crippen molar-refractivity contribution in [1.29, 1.82) is 0 Å². The molecule has 132 valence electrons.